The normalized spacial score (nSPS) is 15.9. The zero-order valence-electron chi connectivity index (χ0n) is 17.0. The number of carbonyl (C=O) groups is 1. The molecule has 3 aromatic rings. The number of hydrogen-bond donors (Lipinski definition) is 0. The molecule has 6 nitrogen and oxygen atoms in total. The zero-order chi connectivity index (χ0) is 20.6. The lowest BCUT2D eigenvalue weighted by atomic mass is 9.92. The van der Waals surface area contributed by atoms with Gasteiger partial charge in [0.1, 0.15) is 0 Å². The molecule has 1 aliphatic rings. The van der Waals surface area contributed by atoms with Crippen LogP contribution in [0.5, 0.6) is 0 Å². The van der Waals surface area contributed by atoms with Gasteiger partial charge >= 0.3 is 0 Å². The third-order valence-electron chi connectivity index (χ3n) is 4.83. The molecule has 0 aliphatic carbocycles. The first kappa shape index (κ1) is 18.8. The van der Waals surface area contributed by atoms with E-state index in [0.29, 0.717) is 11.3 Å². The van der Waals surface area contributed by atoms with Gasteiger partial charge in [-0.2, -0.15) is 10.1 Å². The summed E-state index contributed by atoms with van der Waals surface area (Å²) in [6.07, 6.45) is 3.67. The van der Waals surface area contributed by atoms with Crippen LogP contribution in [0.2, 0.25) is 0 Å². The van der Waals surface area contributed by atoms with E-state index in [1.165, 1.54) is 5.01 Å². The summed E-state index contributed by atoms with van der Waals surface area (Å²) in [6.45, 7) is 8.25. The van der Waals surface area contributed by atoms with E-state index in [-0.39, 0.29) is 11.3 Å². The third kappa shape index (κ3) is 3.61. The summed E-state index contributed by atoms with van der Waals surface area (Å²) in [5, 5.41) is 14.2. The van der Waals surface area contributed by atoms with Crippen molar-refractivity contribution >= 4 is 23.4 Å². The van der Waals surface area contributed by atoms with Crippen LogP contribution < -0.4 is 5.01 Å². The molecule has 0 radical (unpaired) electrons. The van der Waals surface area contributed by atoms with E-state index < -0.39 is 0 Å². The van der Waals surface area contributed by atoms with Crippen molar-refractivity contribution in [2.75, 3.05) is 5.01 Å². The van der Waals surface area contributed by atoms with E-state index in [1.54, 1.807) is 6.20 Å². The average molecular weight is 385 g/mol. The van der Waals surface area contributed by atoms with Crippen molar-refractivity contribution in [2.24, 2.45) is 5.10 Å². The zero-order valence-corrected chi connectivity index (χ0v) is 17.0. The Bertz CT molecular complexity index is 1100. The summed E-state index contributed by atoms with van der Waals surface area (Å²) >= 11 is 0. The first-order valence-corrected chi connectivity index (χ1v) is 9.53. The topological polar surface area (TPSA) is 63.4 Å². The molecule has 2 heterocycles. The van der Waals surface area contributed by atoms with Crippen LogP contribution in [-0.4, -0.2) is 26.6 Å². The maximum Gasteiger partial charge on any atom is 0.280 e. The second-order valence-corrected chi connectivity index (χ2v) is 8.07. The molecule has 0 fully saturated rings. The van der Waals surface area contributed by atoms with Crippen molar-refractivity contribution in [3.05, 3.63) is 77.6 Å². The summed E-state index contributed by atoms with van der Waals surface area (Å²) in [5.41, 5.74) is 4.90. The Morgan fingerprint density at radius 2 is 1.62 bits per heavy atom. The summed E-state index contributed by atoms with van der Waals surface area (Å²) in [5.74, 6) is -0.121. The van der Waals surface area contributed by atoms with Crippen LogP contribution in [0.1, 0.15) is 39.0 Å². The fraction of sp³-hybridized carbons (Fsp3) is 0.217. The smallest absolute Gasteiger partial charge is 0.267 e. The van der Waals surface area contributed by atoms with Gasteiger partial charge in [0.2, 0.25) is 0 Å². The van der Waals surface area contributed by atoms with Gasteiger partial charge in [-0.1, -0.05) is 56.3 Å². The van der Waals surface area contributed by atoms with Crippen LogP contribution in [-0.2, 0) is 10.2 Å². The first-order chi connectivity index (χ1) is 13.8. The third-order valence-corrected chi connectivity index (χ3v) is 4.83. The Balaban J connectivity index is 1.61. The van der Waals surface area contributed by atoms with E-state index in [1.807, 2.05) is 72.3 Å². The largest absolute Gasteiger partial charge is 0.280 e. The van der Waals surface area contributed by atoms with Gasteiger partial charge in [0.05, 0.1) is 34.6 Å². The van der Waals surface area contributed by atoms with Crippen LogP contribution in [0.4, 0.5) is 5.69 Å². The minimum absolute atomic E-state index is 0.0606. The maximum absolute atomic E-state index is 12.9. The number of rotatable bonds is 3. The predicted octanol–water partition coefficient (Wildman–Crippen LogP) is 4.37. The molecule has 1 amide bonds. The molecule has 29 heavy (non-hydrogen) atoms. The van der Waals surface area contributed by atoms with Crippen LogP contribution in [0, 0.1) is 0 Å². The highest BCUT2D eigenvalue weighted by Gasteiger charge is 2.28. The van der Waals surface area contributed by atoms with Crippen LogP contribution in [0.15, 0.2) is 71.5 Å². The lowest BCUT2D eigenvalue weighted by Gasteiger charge is -2.19. The Kier molecular flexibility index (Phi) is 4.62. The number of hydrogen-bond acceptors (Lipinski definition) is 4. The number of aromatic nitrogens is 3. The van der Waals surface area contributed by atoms with Crippen LogP contribution >= 0.6 is 0 Å². The Hall–Kier alpha value is -3.54. The molecule has 6 heteroatoms. The number of amides is 1. The van der Waals surface area contributed by atoms with Gasteiger partial charge in [-0.05, 0) is 42.8 Å². The number of nitrogens with zero attached hydrogens (tertiary/aromatic N) is 5. The predicted molar refractivity (Wildman–Crippen MR) is 115 cm³/mol. The van der Waals surface area contributed by atoms with Gasteiger partial charge in [0.15, 0.2) is 0 Å². The van der Waals surface area contributed by atoms with Crippen molar-refractivity contribution < 1.29 is 4.79 Å². The highest BCUT2D eigenvalue weighted by atomic mass is 16.2. The molecular formula is C23H23N5O. The molecular weight excluding hydrogens is 362 g/mol. The Morgan fingerprint density at radius 1 is 0.931 bits per heavy atom. The lowest BCUT2D eigenvalue weighted by molar-refractivity contribution is -0.114. The monoisotopic (exact) mass is 385 g/mol. The van der Waals surface area contributed by atoms with Crippen molar-refractivity contribution in [3.8, 4) is 5.69 Å². The van der Waals surface area contributed by atoms with Crippen molar-refractivity contribution in [1.82, 2.24) is 15.0 Å². The lowest BCUT2D eigenvalue weighted by Crippen LogP contribution is -2.21. The number of benzene rings is 2. The fourth-order valence-electron chi connectivity index (χ4n) is 3.24. The average Bonchev–Trinajstić information content (AvgIpc) is 3.30. The highest BCUT2D eigenvalue weighted by molar-refractivity contribution is 6.32. The van der Waals surface area contributed by atoms with Crippen molar-refractivity contribution in [3.63, 3.8) is 0 Å². The molecule has 0 spiro atoms. The minimum Gasteiger partial charge on any atom is -0.267 e. The number of para-hydroxylation sites is 1. The summed E-state index contributed by atoms with van der Waals surface area (Å²) in [4.78, 5) is 12.9. The van der Waals surface area contributed by atoms with Crippen molar-refractivity contribution in [1.29, 1.82) is 0 Å². The number of carbonyl (C=O) groups excluding carboxylic acids is 1. The molecule has 0 N–H and O–H groups in total. The van der Waals surface area contributed by atoms with Gasteiger partial charge in [0.25, 0.3) is 5.91 Å². The quantitative estimate of drug-likeness (QED) is 0.629. The van der Waals surface area contributed by atoms with Gasteiger partial charge in [0, 0.05) is 5.41 Å². The van der Waals surface area contributed by atoms with E-state index >= 15 is 0 Å². The summed E-state index contributed by atoms with van der Waals surface area (Å²) in [6, 6.07) is 17.4. The van der Waals surface area contributed by atoms with E-state index in [0.717, 1.165) is 22.6 Å². The van der Waals surface area contributed by atoms with Gasteiger partial charge in [-0.15, -0.1) is 5.10 Å². The molecule has 0 atom stereocenters. The highest BCUT2D eigenvalue weighted by Crippen LogP contribution is 2.26. The van der Waals surface area contributed by atoms with E-state index in [2.05, 4.69) is 36.2 Å². The molecule has 1 aliphatic heterocycles. The fourth-order valence-corrected chi connectivity index (χ4v) is 3.24. The molecule has 0 unspecified atom stereocenters. The second-order valence-electron chi connectivity index (χ2n) is 8.07. The summed E-state index contributed by atoms with van der Waals surface area (Å²) in [7, 11) is 0. The van der Waals surface area contributed by atoms with Gasteiger partial charge in [-0.25, -0.2) is 4.68 Å². The molecule has 146 valence electrons. The first-order valence-electron chi connectivity index (χ1n) is 9.53. The molecule has 4 rings (SSSR count). The van der Waals surface area contributed by atoms with Crippen LogP contribution in [0.25, 0.3) is 11.8 Å². The number of hydrazone groups is 1. The van der Waals surface area contributed by atoms with Gasteiger partial charge < -0.3 is 0 Å². The molecule has 0 saturated heterocycles. The minimum atomic E-state index is -0.121. The Morgan fingerprint density at radius 3 is 2.28 bits per heavy atom. The molecule has 0 saturated carbocycles. The Labute approximate surface area is 170 Å². The standard InChI is InChI=1S/C23H23N5O/c1-16-20(22(29)28(25-16)18-8-6-5-7-9-18)14-17-10-12-19(13-11-17)27-21(15-24-26-27)23(2,3)4/h5-15H,1-4H3/b20-14-. The molecule has 2 aromatic carbocycles. The van der Waals surface area contributed by atoms with E-state index in [4.69, 9.17) is 0 Å². The van der Waals surface area contributed by atoms with Crippen molar-refractivity contribution in [2.45, 2.75) is 33.1 Å². The molecule has 1 aromatic heterocycles. The van der Waals surface area contributed by atoms with Crippen LogP contribution in [0.3, 0.4) is 0 Å². The van der Waals surface area contributed by atoms with E-state index in [9.17, 15) is 4.79 Å². The summed E-state index contributed by atoms with van der Waals surface area (Å²) < 4.78 is 1.85. The van der Waals surface area contributed by atoms with Gasteiger partial charge in [-0.3, -0.25) is 4.79 Å². The maximum atomic E-state index is 12.9. The SMILES string of the molecule is CC1=NN(c2ccccc2)C(=O)/C1=C\c1ccc(-n2nncc2C(C)(C)C)cc1. The molecule has 0 bridgehead atoms. The second kappa shape index (κ2) is 7.13. The number of anilines is 1.